The molecule has 4 aromatic rings. The summed E-state index contributed by atoms with van der Waals surface area (Å²) in [6, 6.07) is 12.3. The fraction of sp³-hybridized carbons (Fsp3) is 0.281. The molecule has 0 radical (unpaired) electrons. The first kappa shape index (κ1) is 28.0. The van der Waals surface area contributed by atoms with E-state index in [0.717, 1.165) is 44.8 Å². The highest BCUT2D eigenvalue weighted by molar-refractivity contribution is 7.12. The predicted molar refractivity (Wildman–Crippen MR) is 161 cm³/mol. The van der Waals surface area contributed by atoms with Crippen LogP contribution in [0.5, 0.6) is 23.0 Å². The number of halogens is 1. The number of benzene rings is 2. The molecule has 1 saturated heterocycles. The first-order chi connectivity index (χ1) is 20.6. The standard InChI is InChI=1S/C32H30FN3O5S/c1-38-28-19-24-25(20-29(28)40-14-3-11-36-12-15-39-16-13-36)34-10-9-26(24)41-27-8-5-21-18-22(6-7-23(21)31(27)33)35-32(37)30-4-2-17-42-30/h2,4-10,17,19-20H,3,11-16,18H2,1H3. The summed E-state index contributed by atoms with van der Waals surface area (Å²) in [4.78, 5) is 24.0. The lowest BCUT2D eigenvalue weighted by molar-refractivity contribution is 0.0357. The fourth-order valence-corrected chi connectivity index (χ4v) is 5.63. The highest BCUT2D eigenvalue weighted by Gasteiger charge is 2.20. The largest absolute Gasteiger partial charge is 0.493 e. The molecule has 1 fully saturated rings. The summed E-state index contributed by atoms with van der Waals surface area (Å²) in [5, 5.41) is 2.50. The second kappa shape index (κ2) is 12.8. The number of allylic oxidation sites excluding steroid dienone is 1. The lowest BCUT2D eigenvalue weighted by Crippen LogP contribution is -2.37. The molecule has 0 N–H and O–H groups in total. The number of morpholine rings is 1. The highest BCUT2D eigenvalue weighted by atomic mass is 32.1. The van der Waals surface area contributed by atoms with Crippen molar-refractivity contribution < 1.29 is 28.1 Å². The van der Waals surface area contributed by atoms with Gasteiger partial charge in [-0.2, -0.15) is 0 Å². The number of aliphatic imine (C=N–C) groups is 1. The average Bonchev–Trinajstić information content (AvgIpc) is 3.57. The van der Waals surface area contributed by atoms with Crippen LogP contribution in [0.4, 0.5) is 4.39 Å². The van der Waals surface area contributed by atoms with E-state index in [1.54, 1.807) is 55.8 Å². The predicted octanol–water partition coefficient (Wildman–Crippen LogP) is 6.19. The van der Waals surface area contributed by atoms with Crippen LogP contribution in [0.15, 0.2) is 65.1 Å². The Morgan fingerprint density at radius 3 is 2.79 bits per heavy atom. The van der Waals surface area contributed by atoms with Crippen molar-refractivity contribution in [2.75, 3.05) is 46.6 Å². The maximum atomic E-state index is 15.6. The number of rotatable bonds is 9. The number of nitrogens with zero attached hydrogens (tertiary/aromatic N) is 3. The Bertz CT molecular complexity index is 1650. The molecular weight excluding hydrogens is 557 g/mol. The molecule has 1 aliphatic carbocycles. The number of pyridine rings is 1. The molecule has 0 spiro atoms. The second-order valence-electron chi connectivity index (χ2n) is 9.93. The Morgan fingerprint density at radius 1 is 1.10 bits per heavy atom. The maximum absolute atomic E-state index is 15.6. The van der Waals surface area contributed by atoms with Crippen LogP contribution < -0.4 is 14.2 Å². The fourth-order valence-electron chi connectivity index (χ4n) is 5.03. The zero-order valence-electron chi connectivity index (χ0n) is 23.2. The van der Waals surface area contributed by atoms with Crippen molar-refractivity contribution in [2.24, 2.45) is 4.99 Å². The normalized spacial score (nSPS) is 16.0. The van der Waals surface area contributed by atoms with Gasteiger partial charge in [-0.3, -0.25) is 14.7 Å². The number of aromatic nitrogens is 1. The molecule has 1 amide bonds. The van der Waals surface area contributed by atoms with Crippen molar-refractivity contribution in [2.45, 2.75) is 12.8 Å². The Hall–Kier alpha value is -4.12. The highest BCUT2D eigenvalue weighted by Crippen LogP contribution is 2.38. The van der Waals surface area contributed by atoms with Gasteiger partial charge in [0.05, 0.1) is 37.3 Å². The third-order valence-electron chi connectivity index (χ3n) is 7.21. The van der Waals surface area contributed by atoms with Crippen LogP contribution in [-0.2, 0) is 11.2 Å². The summed E-state index contributed by atoms with van der Waals surface area (Å²) in [5.41, 5.74) is 2.38. The Kier molecular flexibility index (Phi) is 8.55. The molecule has 0 bridgehead atoms. The smallest absolute Gasteiger partial charge is 0.287 e. The summed E-state index contributed by atoms with van der Waals surface area (Å²) in [7, 11) is 1.58. The molecule has 0 unspecified atom stereocenters. The van der Waals surface area contributed by atoms with Gasteiger partial charge >= 0.3 is 0 Å². The van der Waals surface area contributed by atoms with E-state index in [9.17, 15) is 4.79 Å². The average molecular weight is 588 g/mol. The Balaban J connectivity index is 1.17. The van der Waals surface area contributed by atoms with E-state index in [1.807, 2.05) is 17.5 Å². The Labute approximate surface area is 247 Å². The number of methoxy groups -OCH3 is 1. The molecule has 216 valence electrons. The van der Waals surface area contributed by atoms with Crippen LogP contribution in [0.2, 0.25) is 0 Å². The van der Waals surface area contributed by atoms with Crippen LogP contribution in [0, 0.1) is 5.82 Å². The lowest BCUT2D eigenvalue weighted by Gasteiger charge is -2.26. The molecule has 1 aliphatic heterocycles. The molecule has 2 aromatic heterocycles. The number of thiophene rings is 1. The van der Waals surface area contributed by atoms with Crippen LogP contribution in [0.1, 0.15) is 27.2 Å². The summed E-state index contributed by atoms with van der Waals surface area (Å²) in [6.45, 7) is 4.92. The van der Waals surface area contributed by atoms with E-state index in [1.165, 1.54) is 11.3 Å². The minimum absolute atomic E-state index is 0.0864. The van der Waals surface area contributed by atoms with Crippen LogP contribution >= 0.6 is 11.3 Å². The lowest BCUT2D eigenvalue weighted by atomic mass is 9.95. The van der Waals surface area contributed by atoms with Gasteiger partial charge in [0.1, 0.15) is 5.75 Å². The summed E-state index contributed by atoms with van der Waals surface area (Å²) in [5.74, 6) is 0.892. The van der Waals surface area contributed by atoms with Crippen molar-refractivity contribution in [3.63, 3.8) is 0 Å². The van der Waals surface area contributed by atoms with E-state index in [4.69, 9.17) is 18.9 Å². The van der Waals surface area contributed by atoms with Gasteiger partial charge in [0.2, 0.25) is 0 Å². The molecule has 42 heavy (non-hydrogen) atoms. The Morgan fingerprint density at radius 2 is 1.98 bits per heavy atom. The SMILES string of the molecule is COc1cc2c(Oc3ccc4c(c3F)C=CC(=NC(=O)c3cccs3)C4)ccnc2cc1OCCCN1CCOCC1. The van der Waals surface area contributed by atoms with Gasteiger partial charge in [-0.1, -0.05) is 12.1 Å². The third-order valence-corrected chi connectivity index (χ3v) is 8.07. The van der Waals surface area contributed by atoms with Crippen molar-refractivity contribution in [3.8, 4) is 23.0 Å². The van der Waals surface area contributed by atoms with E-state index >= 15 is 4.39 Å². The topological polar surface area (TPSA) is 82.5 Å². The molecule has 2 aliphatic rings. The number of carbonyl (C=O) groups excluding carboxylic acids is 1. The van der Waals surface area contributed by atoms with E-state index < -0.39 is 5.82 Å². The van der Waals surface area contributed by atoms with E-state index in [-0.39, 0.29) is 11.7 Å². The summed E-state index contributed by atoms with van der Waals surface area (Å²) >= 11 is 1.34. The van der Waals surface area contributed by atoms with Crippen LogP contribution in [-0.4, -0.2) is 68.1 Å². The molecule has 8 nitrogen and oxygen atoms in total. The monoisotopic (exact) mass is 587 g/mol. The van der Waals surface area contributed by atoms with Gasteiger partial charge in [0, 0.05) is 55.0 Å². The molecule has 0 atom stereocenters. The van der Waals surface area contributed by atoms with E-state index in [0.29, 0.717) is 57.3 Å². The van der Waals surface area contributed by atoms with Crippen molar-refractivity contribution in [1.82, 2.24) is 9.88 Å². The molecule has 3 heterocycles. The maximum Gasteiger partial charge on any atom is 0.287 e. The number of ether oxygens (including phenoxy) is 4. The first-order valence-electron chi connectivity index (χ1n) is 13.8. The van der Waals surface area contributed by atoms with Gasteiger partial charge < -0.3 is 18.9 Å². The zero-order chi connectivity index (χ0) is 28.9. The molecule has 0 saturated carbocycles. The number of hydrogen-bond donors (Lipinski definition) is 0. The van der Waals surface area contributed by atoms with Gasteiger partial charge in [0.25, 0.3) is 5.91 Å². The molecule has 2 aromatic carbocycles. The molecule has 10 heteroatoms. The summed E-state index contributed by atoms with van der Waals surface area (Å²) in [6.07, 6.45) is 6.16. The van der Waals surface area contributed by atoms with Crippen molar-refractivity contribution in [3.05, 3.63) is 81.9 Å². The number of carbonyl (C=O) groups is 1. The second-order valence-corrected chi connectivity index (χ2v) is 10.9. The quantitative estimate of drug-likeness (QED) is 0.216. The third kappa shape index (κ3) is 6.20. The molecule has 6 rings (SSSR count). The number of fused-ring (bicyclic) bond motifs is 2. The van der Waals surface area contributed by atoms with Gasteiger partial charge in [-0.25, -0.2) is 9.38 Å². The van der Waals surface area contributed by atoms with Crippen LogP contribution in [0.25, 0.3) is 17.0 Å². The van der Waals surface area contributed by atoms with Gasteiger partial charge in [-0.05, 0) is 53.8 Å². The minimum atomic E-state index is -0.482. The number of hydrogen-bond acceptors (Lipinski definition) is 8. The molecular formula is C32H30FN3O5S. The summed E-state index contributed by atoms with van der Waals surface area (Å²) < 4.78 is 38.8. The first-order valence-corrected chi connectivity index (χ1v) is 14.7. The van der Waals surface area contributed by atoms with Gasteiger partial charge in [-0.15, -0.1) is 11.3 Å². The van der Waals surface area contributed by atoms with Crippen molar-refractivity contribution >= 4 is 39.9 Å². The van der Waals surface area contributed by atoms with Gasteiger partial charge in [0.15, 0.2) is 23.1 Å². The minimum Gasteiger partial charge on any atom is -0.493 e. The van der Waals surface area contributed by atoms with Crippen LogP contribution in [0.3, 0.4) is 0 Å². The zero-order valence-corrected chi connectivity index (χ0v) is 24.0. The van der Waals surface area contributed by atoms with Crippen molar-refractivity contribution in [1.29, 1.82) is 0 Å². The van der Waals surface area contributed by atoms with E-state index in [2.05, 4.69) is 14.9 Å². The number of amides is 1.